The Morgan fingerprint density at radius 3 is 2.85 bits per heavy atom. The summed E-state index contributed by atoms with van der Waals surface area (Å²) < 4.78 is 0. The quantitative estimate of drug-likeness (QED) is 0.764. The Morgan fingerprint density at radius 2 is 2.00 bits per heavy atom. The molecule has 0 heterocycles. The minimum atomic E-state index is -0.156. The molecular weight excluding hydrogens is 248 g/mol. The van der Waals surface area contributed by atoms with E-state index < -0.39 is 0 Å². The Bertz CT molecular complexity index is 691. The van der Waals surface area contributed by atoms with Gasteiger partial charge in [-0.25, -0.2) is 0 Å². The van der Waals surface area contributed by atoms with Gasteiger partial charge in [0.2, 0.25) is 0 Å². The van der Waals surface area contributed by atoms with Crippen molar-refractivity contribution in [2.75, 3.05) is 0 Å². The van der Waals surface area contributed by atoms with Gasteiger partial charge in [-0.2, -0.15) is 0 Å². The largest absolute Gasteiger partial charge is 0.508 e. The lowest BCUT2D eigenvalue weighted by Crippen LogP contribution is -2.35. The summed E-state index contributed by atoms with van der Waals surface area (Å²) in [4.78, 5) is 0. The maximum atomic E-state index is 10.3. The van der Waals surface area contributed by atoms with Crippen molar-refractivity contribution < 1.29 is 10.2 Å². The summed E-state index contributed by atoms with van der Waals surface area (Å²) in [5.41, 5.74) is 2.91. The van der Waals surface area contributed by atoms with Crippen LogP contribution in [-0.4, -0.2) is 16.3 Å². The lowest BCUT2D eigenvalue weighted by Gasteiger charge is -2.40. The normalized spacial score (nSPS) is 32.1. The first kappa shape index (κ1) is 12.2. The minimum Gasteiger partial charge on any atom is -0.508 e. The Morgan fingerprint density at radius 1 is 1.15 bits per heavy atom. The van der Waals surface area contributed by atoms with Gasteiger partial charge in [0.15, 0.2) is 0 Å². The molecule has 2 aliphatic rings. The van der Waals surface area contributed by atoms with Crippen LogP contribution in [0.1, 0.15) is 43.2 Å². The van der Waals surface area contributed by atoms with Crippen molar-refractivity contribution in [2.24, 2.45) is 5.41 Å². The van der Waals surface area contributed by atoms with Crippen LogP contribution in [0.3, 0.4) is 0 Å². The van der Waals surface area contributed by atoms with Crippen LogP contribution in [0, 0.1) is 5.41 Å². The molecule has 3 atom stereocenters. The SMILES string of the molecule is CC12CCc3c(ccc4cc(O)ccc34)C1CC[C@H]2O. The molecule has 4 rings (SSSR count). The maximum absolute atomic E-state index is 10.3. The van der Waals surface area contributed by atoms with Crippen molar-refractivity contribution in [1.82, 2.24) is 0 Å². The van der Waals surface area contributed by atoms with E-state index in [1.165, 1.54) is 16.5 Å². The van der Waals surface area contributed by atoms with E-state index in [4.69, 9.17) is 0 Å². The maximum Gasteiger partial charge on any atom is 0.116 e. The highest BCUT2D eigenvalue weighted by Gasteiger charge is 2.48. The molecule has 2 heteroatoms. The molecule has 0 spiro atoms. The van der Waals surface area contributed by atoms with E-state index >= 15 is 0 Å². The number of hydrogen-bond acceptors (Lipinski definition) is 2. The van der Waals surface area contributed by atoms with E-state index in [1.54, 1.807) is 6.07 Å². The van der Waals surface area contributed by atoms with E-state index in [0.717, 1.165) is 31.1 Å². The second-order valence-corrected chi connectivity index (χ2v) is 6.69. The van der Waals surface area contributed by atoms with Gasteiger partial charge in [0.1, 0.15) is 5.75 Å². The van der Waals surface area contributed by atoms with Crippen LogP contribution >= 0.6 is 0 Å². The Hall–Kier alpha value is -1.54. The van der Waals surface area contributed by atoms with Crippen LogP contribution in [0.4, 0.5) is 0 Å². The molecule has 2 unspecified atom stereocenters. The number of fused-ring (bicyclic) bond motifs is 5. The fourth-order valence-corrected chi connectivity index (χ4v) is 4.47. The molecule has 20 heavy (non-hydrogen) atoms. The van der Waals surface area contributed by atoms with Crippen LogP contribution in [-0.2, 0) is 6.42 Å². The number of benzene rings is 2. The van der Waals surface area contributed by atoms with Crippen molar-refractivity contribution in [2.45, 2.75) is 44.6 Å². The molecule has 0 amide bonds. The summed E-state index contributed by atoms with van der Waals surface area (Å²) in [5, 5.41) is 22.3. The van der Waals surface area contributed by atoms with Gasteiger partial charge in [-0.3, -0.25) is 0 Å². The third-order valence-corrected chi connectivity index (χ3v) is 5.73. The second-order valence-electron chi connectivity index (χ2n) is 6.69. The third kappa shape index (κ3) is 1.49. The van der Waals surface area contributed by atoms with E-state index in [9.17, 15) is 10.2 Å². The molecule has 2 N–H and O–H groups in total. The Kier molecular flexibility index (Phi) is 2.43. The number of phenolic OH excluding ortho intramolecular Hbond substituents is 1. The monoisotopic (exact) mass is 268 g/mol. The molecule has 2 aliphatic carbocycles. The van der Waals surface area contributed by atoms with Gasteiger partial charge in [-0.15, -0.1) is 0 Å². The van der Waals surface area contributed by atoms with E-state index in [2.05, 4.69) is 19.1 Å². The molecular formula is C18H20O2. The first-order valence-electron chi connectivity index (χ1n) is 7.52. The van der Waals surface area contributed by atoms with Gasteiger partial charge >= 0.3 is 0 Å². The zero-order valence-corrected chi connectivity index (χ0v) is 11.8. The average molecular weight is 268 g/mol. The van der Waals surface area contributed by atoms with Crippen LogP contribution in [0.15, 0.2) is 30.3 Å². The topological polar surface area (TPSA) is 40.5 Å². The van der Waals surface area contributed by atoms with Gasteiger partial charge in [0, 0.05) is 5.41 Å². The van der Waals surface area contributed by atoms with Crippen LogP contribution in [0.25, 0.3) is 10.8 Å². The summed E-state index contributed by atoms with van der Waals surface area (Å²) in [6, 6.07) is 9.99. The molecule has 1 fully saturated rings. The number of hydrogen-bond donors (Lipinski definition) is 2. The Labute approximate surface area is 119 Å². The highest BCUT2D eigenvalue weighted by molar-refractivity contribution is 5.88. The van der Waals surface area contributed by atoms with Crippen LogP contribution in [0.2, 0.25) is 0 Å². The number of phenols is 1. The molecule has 2 aromatic carbocycles. The highest BCUT2D eigenvalue weighted by Crippen LogP contribution is 2.56. The highest BCUT2D eigenvalue weighted by atomic mass is 16.3. The van der Waals surface area contributed by atoms with Gasteiger partial charge in [0.25, 0.3) is 0 Å². The predicted molar refractivity (Wildman–Crippen MR) is 80.0 cm³/mol. The van der Waals surface area contributed by atoms with Gasteiger partial charge in [-0.1, -0.05) is 25.1 Å². The molecule has 0 aromatic heterocycles. The predicted octanol–water partition coefficient (Wildman–Crippen LogP) is 3.74. The number of aliphatic hydroxyl groups is 1. The summed E-state index contributed by atoms with van der Waals surface area (Å²) in [7, 11) is 0. The van der Waals surface area contributed by atoms with E-state index in [0.29, 0.717) is 11.7 Å². The van der Waals surface area contributed by atoms with Gasteiger partial charge in [0.05, 0.1) is 6.10 Å². The lowest BCUT2D eigenvalue weighted by molar-refractivity contribution is 0.0459. The molecule has 104 valence electrons. The fraction of sp³-hybridized carbons (Fsp3) is 0.444. The zero-order chi connectivity index (χ0) is 13.9. The van der Waals surface area contributed by atoms with E-state index in [-0.39, 0.29) is 11.5 Å². The van der Waals surface area contributed by atoms with Crippen LogP contribution in [0.5, 0.6) is 5.75 Å². The molecule has 0 bridgehead atoms. The van der Waals surface area contributed by atoms with Crippen molar-refractivity contribution in [3.8, 4) is 5.75 Å². The van der Waals surface area contributed by atoms with E-state index in [1.807, 2.05) is 12.1 Å². The van der Waals surface area contributed by atoms with Crippen molar-refractivity contribution in [3.05, 3.63) is 41.5 Å². The first-order chi connectivity index (χ1) is 9.59. The second kappa shape index (κ2) is 3.98. The number of rotatable bonds is 0. The fourth-order valence-electron chi connectivity index (χ4n) is 4.47. The van der Waals surface area contributed by atoms with Crippen molar-refractivity contribution >= 4 is 10.8 Å². The summed E-state index contributed by atoms with van der Waals surface area (Å²) in [6.07, 6.45) is 3.95. The summed E-state index contributed by atoms with van der Waals surface area (Å²) in [6.45, 7) is 2.25. The first-order valence-corrected chi connectivity index (χ1v) is 7.52. The zero-order valence-electron chi connectivity index (χ0n) is 11.8. The number of aliphatic hydroxyl groups excluding tert-OH is 1. The lowest BCUT2D eigenvalue weighted by atomic mass is 9.65. The van der Waals surface area contributed by atoms with Gasteiger partial charge in [-0.05, 0) is 65.6 Å². The number of aryl methyl sites for hydroxylation is 1. The minimum absolute atomic E-state index is 0.0532. The summed E-state index contributed by atoms with van der Waals surface area (Å²) in [5.74, 6) is 0.814. The molecule has 0 radical (unpaired) electrons. The average Bonchev–Trinajstić information content (AvgIpc) is 2.74. The molecule has 0 saturated heterocycles. The number of aromatic hydroxyl groups is 1. The smallest absolute Gasteiger partial charge is 0.116 e. The van der Waals surface area contributed by atoms with Crippen molar-refractivity contribution in [3.63, 3.8) is 0 Å². The van der Waals surface area contributed by atoms with Crippen LogP contribution < -0.4 is 0 Å². The molecule has 2 aromatic rings. The standard InChI is InChI=1S/C18H20O2/c1-18-9-8-14-13-5-3-12(19)10-11(13)2-4-15(14)16(18)6-7-17(18)20/h2-5,10,16-17,19-20H,6-9H2,1H3/t16?,17-,18?/m1/s1. The van der Waals surface area contributed by atoms with Crippen molar-refractivity contribution in [1.29, 1.82) is 0 Å². The molecule has 2 nitrogen and oxygen atoms in total. The van der Waals surface area contributed by atoms with Gasteiger partial charge < -0.3 is 10.2 Å². The molecule has 0 aliphatic heterocycles. The molecule has 1 saturated carbocycles. The Balaban J connectivity index is 1.93. The summed E-state index contributed by atoms with van der Waals surface area (Å²) >= 11 is 0. The third-order valence-electron chi connectivity index (χ3n) is 5.73.